The lowest BCUT2D eigenvalue weighted by atomic mass is 9.49. The van der Waals surface area contributed by atoms with Gasteiger partial charge >= 0.3 is 0 Å². The Hall–Kier alpha value is -4.23. The largest absolute Gasteiger partial charge is 0.508 e. The molecular formula is C32H25ClN2O5. The maximum absolute atomic E-state index is 14.9. The Balaban J connectivity index is 1.53. The third-order valence-electron chi connectivity index (χ3n) is 9.26. The van der Waals surface area contributed by atoms with Crippen LogP contribution >= 0.6 is 11.6 Å². The summed E-state index contributed by atoms with van der Waals surface area (Å²) in [7, 11) is 0. The lowest BCUT2D eigenvalue weighted by Gasteiger charge is -2.50. The molecule has 7 rings (SSSR count). The van der Waals surface area contributed by atoms with Crippen LogP contribution in [0.4, 0.5) is 5.69 Å². The molecule has 200 valence electrons. The first kappa shape index (κ1) is 24.8. The van der Waals surface area contributed by atoms with Gasteiger partial charge in [-0.2, -0.15) is 0 Å². The SMILES string of the molecule is O=C1NC(=O)C2C1CC=C1C2CC2C(=O)N(c3cccc(Cl)c3)C(=O)C2(c2ccccc2)C1c1ccccc1O. The monoisotopic (exact) mass is 552 g/mol. The highest BCUT2D eigenvalue weighted by Gasteiger charge is 2.70. The predicted octanol–water partition coefficient (Wildman–Crippen LogP) is 4.50. The summed E-state index contributed by atoms with van der Waals surface area (Å²) in [6.45, 7) is 0. The maximum Gasteiger partial charge on any atom is 0.246 e. The van der Waals surface area contributed by atoms with Gasteiger partial charge in [0.15, 0.2) is 0 Å². The summed E-state index contributed by atoms with van der Waals surface area (Å²) < 4.78 is 0. The predicted molar refractivity (Wildman–Crippen MR) is 147 cm³/mol. The van der Waals surface area contributed by atoms with Crippen LogP contribution in [-0.4, -0.2) is 28.7 Å². The number of benzene rings is 3. The fourth-order valence-corrected chi connectivity index (χ4v) is 7.92. The van der Waals surface area contributed by atoms with E-state index in [1.165, 1.54) is 4.90 Å². The first-order valence-electron chi connectivity index (χ1n) is 13.4. The number of aromatic hydroxyl groups is 1. The van der Waals surface area contributed by atoms with Crippen molar-refractivity contribution in [3.05, 3.63) is 107 Å². The lowest BCUT2D eigenvalue weighted by molar-refractivity contribution is -0.128. The molecule has 1 saturated carbocycles. The minimum atomic E-state index is -1.40. The Morgan fingerprint density at radius 3 is 2.38 bits per heavy atom. The van der Waals surface area contributed by atoms with E-state index >= 15 is 0 Å². The molecular weight excluding hydrogens is 528 g/mol. The molecule has 0 aromatic heterocycles. The number of rotatable bonds is 3. The third-order valence-corrected chi connectivity index (χ3v) is 9.49. The molecule has 6 atom stereocenters. The number of amides is 4. The number of nitrogens with one attached hydrogen (secondary N) is 1. The number of anilines is 1. The molecule has 2 aliphatic heterocycles. The first-order chi connectivity index (χ1) is 19.3. The topological polar surface area (TPSA) is 104 Å². The smallest absolute Gasteiger partial charge is 0.246 e. The molecule has 2 saturated heterocycles. The van der Waals surface area contributed by atoms with Crippen molar-refractivity contribution in [2.75, 3.05) is 4.90 Å². The van der Waals surface area contributed by atoms with E-state index < -0.39 is 40.9 Å². The van der Waals surface area contributed by atoms with Crippen LogP contribution in [0.1, 0.15) is 29.9 Å². The Labute approximate surface area is 235 Å². The standard InChI is InChI=1S/C32H25ClN2O5/c33-18-9-6-10-19(15-18)35-30(39)24-16-23-20(13-14-22-26(23)29(38)34-28(22)37)27(21-11-4-5-12-25(21)36)32(24,31(35)40)17-7-2-1-3-8-17/h1-13,15,22-24,26-27,36H,14,16H2,(H,34,37,38). The quantitative estimate of drug-likeness (QED) is 0.368. The Kier molecular flexibility index (Phi) is 5.51. The van der Waals surface area contributed by atoms with E-state index in [-0.39, 0.29) is 29.9 Å². The van der Waals surface area contributed by atoms with Gasteiger partial charge in [0.05, 0.1) is 28.9 Å². The molecule has 3 fully saturated rings. The Morgan fingerprint density at radius 2 is 1.62 bits per heavy atom. The van der Waals surface area contributed by atoms with Crippen LogP contribution in [0, 0.1) is 23.7 Å². The number of phenolic OH excluding ortho intramolecular Hbond substituents is 1. The van der Waals surface area contributed by atoms with Gasteiger partial charge in [-0.1, -0.05) is 77.8 Å². The van der Waals surface area contributed by atoms with Crippen LogP contribution in [0.2, 0.25) is 5.02 Å². The molecule has 6 unspecified atom stereocenters. The molecule has 4 aliphatic rings. The fourth-order valence-electron chi connectivity index (χ4n) is 7.73. The summed E-state index contributed by atoms with van der Waals surface area (Å²) in [5, 5.41) is 14.1. The van der Waals surface area contributed by atoms with Crippen LogP contribution < -0.4 is 10.2 Å². The van der Waals surface area contributed by atoms with Gasteiger partial charge in [0.2, 0.25) is 23.6 Å². The number of imide groups is 2. The van der Waals surface area contributed by atoms with E-state index in [0.717, 1.165) is 5.57 Å². The summed E-state index contributed by atoms with van der Waals surface area (Å²) in [6, 6.07) is 22.7. The van der Waals surface area contributed by atoms with Crippen LogP contribution in [-0.2, 0) is 24.6 Å². The number of phenols is 1. The molecule has 2 N–H and O–H groups in total. The number of allylic oxidation sites excluding steroid dienone is 2. The Bertz CT molecular complexity index is 1630. The zero-order valence-electron chi connectivity index (χ0n) is 21.3. The van der Waals surface area contributed by atoms with Crippen molar-refractivity contribution >= 4 is 40.9 Å². The zero-order chi connectivity index (χ0) is 27.8. The average Bonchev–Trinajstić information content (AvgIpc) is 3.37. The van der Waals surface area contributed by atoms with E-state index in [2.05, 4.69) is 5.32 Å². The summed E-state index contributed by atoms with van der Waals surface area (Å²) in [5.74, 6) is -4.66. The fraction of sp³-hybridized carbons (Fsp3) is 0.250. The van der Waals surface area contributed by atoms with Gasteiger partial charge in [-0.15, -0.1) is 0 Å². The average molecular weight is 553 g/mol. The van der Waals surface area contributed by atoms with Gasteiger partial charge in [-0.3, -0.25) is 24.5 Å². The number of para-hydroxylation sites is 1. The highest BCUT2D eigenvalue weighted by molar-refractivity contribution is 6.32. The second-order valence-electron chi connectivity index (χ2n) is 11.0. The van der Waals surface area contributed by atoms with E-state index in [1.54, 1.807) is 48.5 Å². The molecule has 2 heterocycles. The van der Waals surface area contributed by atoms with Gasteiger partial charge in [0.25, 0.3) is 0 Å². The van der Waals surface area contributed by atoms with Gasteiger partial charge < -0.3 is 5.11 Å². The van der Waals surface area contributed by atoms with E-state index in [1.807, 2.05) is 36.4 Å². The number of carbonyl (C=O) groups excluding carboxylic acids is 4. The number of hydrogen-bond donors (Lipinski definition) is 2. The zero-order valence-corrected chi connectivity index (χ0v) is 22.0. The molecule has 2 aliphatic carbocycles. The van der Waals surface area contributed by atoms with E-state index in [4.69, 9.17) is 11.6 Å². The number of halogens is 1. The van der Waals surface area contributed by atoms with Crippen molar-refractivity contribution in [1.82, 2.24) is 5.32 Å². The molecule has 0 bridgehead atoms. The summed E-state index contributed by atoms with van der Waals surface area (Å²) in [5.41, 5.74) is 0.941. The second kappa shape index (κ2) is 8.89. The first-order valence-corrected chi connectivity index (χ1v) is 13.7. The number of fused-ring (bicyclic) bond motifs is 4. The number of nitrogens with zero attached hydrogens (tertiary/aromatic N) is 1. The van der Waals surface area contributed by atoms with Crippen molar-refractivity contribution in [3.63, 3.8) is 0 Å². The van der Waals surface area contributed by atoms with Crippen LogP contribution in [0.5, 0.6) is 5.75 Å². The molecule has 3 aromatic rings. The van der Waals surface area contributed by atoms with Gasteiger partial charge in [-0.05, 0) is 48.6 Å². The number of carbonyl (C=O) groups is 4. The van der Waals surface area contributed by atoms with E-state index in [9.17, 15) is 24.3 Å². The van der Waals surface area contributed by atoms with Crippen molar-refractivity contribution in [1.29, 1.82) is 0 Å². The van der Waals surface area contributed by atoms with Gasteiger partial charge in [0.1, 0.15) is 5.75 Å². The third kappa shape index (κ3) is 3.24. The molecule has 0 spiro atoms. The number of hydrogen-bond acceptors (Lipinski definition) is 5. The molecule has 40 heavy (non-hydrogen) atoms. The van der Waals surface area contributed by atoms with Gasteiger partial charge in [0, 0.05) is 16.5 Å². The Morgan fingerprint density at radius 1 is 0.875 bits per heavy atom. The normalized spacial score (nSPS) is 30.9. The summed E-state index contributed by atoms with van der Waals surface area (Å²) in [4.78, 5) is 56.3. The van der Waals surface area contributed by atoms with Crippen LogP contribution in [0.3, 0.4) is 0 Å². The van der Waals surface area contributed by atoms with Crippen molar-refractivity contribution in [3.8, 4) is 5.75 Å². The molecule has 4 amide bonds. The van der Waals surface area contributed by atoms with Crippen molar-refractivity contribution < 1.29 is 24.3 Å². The highest BCUT2D eigenvalue weighted by atomic mass is 35.5. The summed E-state index contributed by atoms with van der Waals surface area (Å²) in [6.07, 6.45) is 2.52. The lowest BCUT2D eigenvalue weighted by Crippen LogP contribution is -2.53. The van der Waals surface area contributed by atoms with Crippen molar-refractivity contribution in [2.45, 2.75) is 24.2 Å². The molecule has 3 aromatic carbocycles. The second-order valence-corrected chi connectivity index (χ2v) is 11.4. The minimum absolute atomic E-state index is 0.00126. The van der Waals surface area contributed by atoms with Crippen LogP contribution in [0.25, 0.3) is 0 Å². The van der Waals surface area contributed by atoms with E-state index in [0.29, 0.717) is 28.3 Å². The van der Waals surface area contributed by atoms with Crippen molar-refractivity contribution in [2.24, 2.45) is 23.7 Å². The van der Waals surface area contributed by atoms with Gasteiger partial charge in [-0.25, -0.2) is 4.90 Å². The summed E-state index contributed by atoms with van der Waals surface area (Å²) >= 11 is 6.29. The molecule has 8 heteroatoms. The molecule has 0 radical (unpaired) electrons. The molecule has 7 nitrogen and oxygen atoms in total. The highest BCUT2D eigenvalue weighted by Crippen LogP contribution is 2.64. The minimum Gasteiger partial charge on any atom is -0.508 e. The van der Waals surface area contributed by atoms with Crippen LogP contribution in [0.15, 0.2) is 90.5 Å². The maximum atomic E-state index is 14.9.